The van der Waals surface area contributed by atoms with Crippen molar-refractivity contribution in [2.24, 2.45) is 0 Å². The van der Waals surface area contributed by atoms with E-state index in [0.717, 1.165) is 19.4 Å². The largest absolute Gasteiger partial charge is 0.504 e. The Morgan fingerprint density at radius 2 is 2.17 bits per heavy atom. The summed E-state index contributed by atoms with van der Waals surface area (Å²) in [6, 6.07) is 5.76. The molecule has 1 aromatic carbocycles. The third kappa shape index (κ3) is 4.62. The number of esters is 2. The molecule has 130 valence electrons. The number of benzene rings is 1. The summed E-state index contributed by atoms with van der Waals surface area (Å²) >= 11 is 0. The molecule has 0 aromatic heterocycles. The number of ether oxygens (including phenoxy) is 1. The molecule has 1 fully saturated rings. The quantitative estimate of drug-likeness (QED) is 0.444. The molecule has 1 aliphatic heterocycles. The van der Waals surface area contributed by atoms with Crippen molar-refractivity contribution in [1.82, 2.24) is 5.32 Å². The van der Waals surface area contributed by atoms with E-state index in [2.05, 4.69) is 5.32 Å². The van der Waals surface area contributed by atoms with Crippen molar-refractivity contribution in [3.63, 3.8) is 0 Å². The van der Waals surface area contributed by atoms with Crippen molar-refractivity contribution in [2.45, 2.75) is 50.7 Å². The Hall–Kier alpha value is -1.78. The van der Waals surface area contributed by atoms with E-state index in [4.69, 9.17) is 4.74 Å². The van der Waals surface area contributed by atoms with Gasteiger partial charge in [0, 0.05) is 6.42 Å². The van der Waals surface area contributed by atoms with Crippen LogP contribution in [0.2, 0.25) is 0 Å². The third-order valence-corrected chi connectivity index (χ3v) is 5.94. The topological polar surface area (TPSA) is 92.7 Å². The highest BCUT2D eigenvalue weighted by atomic mass is 31.1. The first-order valence-electron chi connectivity index (χ1n) is 8.28. The third-order valence-electron chi connectivity index (χ3n) is 4.05. The number of nitrogens with one attached hydrogen (secondary N) is 1. The van der Waals surface area contributed by atoms with Crippen LogP contribution in [0.25, 0.3) is 0 Å². The lowest BCUT2D eigenvalue weighted by Crippen LogP contribution is -2.36. The van der Waals surface area contributed by atoms with Crippen molar-refractivity contribution in [2.75, 3.05) is 6.54 Å². The normalized spacial score (nSPS) is 18.9. The second-order valence-electron chi connectivity index (χ2n) is 5.86. The fourth-order valence-corrected chi connectivity index (χ4v) is 4.20. The fraction of sp³-hybridized carbons (Fsp3) is 0.529. The second kappa shape index (κ2) is 8.90. The van der Waals surface area contributed by atoms with Gasteiger partial charge in [-0.3, -0.25) is 0 Å². The van der Waals surface area contributed by atoms with Crippen molar-refractivity contribution >= 4 is 25.0 Å². The first-order chi connectivity index (χ1) is 11.5. The van der Waals surface area contributed by atoms with Gasteiger partial charge in [-0.25, -0.2) is 9.59 Å². The van der Waals surface area contributed by atoms with Gasteiger partial charge in [0.2, 0.25) is 5.30 Å². The summed E-state index contributed by atoms with van der Waals surface area (Å²) in [6.07, 6.45) is 3.36. The summed E-state index contributed by atoms with van der Waals surface area (Å²) in [5, 5.41) is 13.1. The van der Waals surface area contributed by atoms with E-state index in [-0.39, 0.29) is 11.1 Å². The van der Waals surface area contributed by atoms with E-state index in [1.807, 2.05) is 6.92 Å². The monoisotopic (exact) mass is 352 g/mol. The van der Waals surface area contributed by atoms with Crippen LogP contribution in [-0.2, 0) is 18.9 Å². The molecular formula is C17H23NO5P+. The van der Waals surface area contributed by atoms with Gasteiger partial charge in [-0.15, -0.1) is 0 Å². The number of aromatic hydroxyl groups is 1. The Kier molecular flexibility index (Phi) is 6.88. The molecule has 2 N–H and O–H groups in total. The lowest BCUT2D eigenvalue weighted by molar-refractivity contribution is -0.160. The first-order valence-corrected chi connectivity index (χ1v) is 9.60. The predicted octanol–water partition coefficient (Wildman–Crippen LogP) is 2.23. The highest BCUT2D eigenvalue weighted by Gasteiger charge is 2.43. The summed E-state index contributed by atoms with van der Waals surface area (Å²) in [5.41, 5.74) is -0.932. The first kappa shape index (κ1) is 18.6. The summed E-state index contributed by atoms with van der Waals surface area (Å²) in [6.45, 7) is 2.68. The van der Waals surface area contributed by atoms with Crippen LogP contribution in [-0.4, -0.2) is 35.3 Å². The summed E-state index contributed by atoms with van der Waals surface area (Å²) in [4.78, 5) is 24.4. The van der Waals surface area contributed by atoms with Crippen LogP contribution in [0.5, 0.6) is 5.75 Å². The number of hydrogen-bond acceptors (Lipinski definition) is 6. The maximum Gasteiger partial charge on any atom is 0.395 e. The molecule has 1 heterocycles. The van der Waals surface area contributed by atoms with Gasteiger partial charge in [-0.2, -0.15) is 0 Å². The summed E-state index contributed by atoms with van der Waals surface area (Å²) < 4.78 is 17.7. The zero-order valence-corrected chi connectivity index (χ0v) is 14.6. The summed E-state index contributed by atoms with van der Waals surface area (Å²) in [7, 11) is -2.20. The van der Waals surface area contributed by atoms with Gasteiger partial charge in [0.15, 0.2) is 5.75 Å². The van der Waals surface area contributed by atoms with Crippen LogP contribution >= 0.6 is 7.80 Å². The molecule has 3 atom stereocenters. The van der Waals surface area contributed by atoms with E-state index in [9.17, 15) is 19.3 Å². The Labute approximate surface area is 142 Å². The molecule has 6 nitrogen and oxygen atoms in total. The van der Waals surface area contributed by atoms with Gasteiger partial charge in [0.1, 0.15) is 6.04 Å². The average molecular weight is 352 g/mol. The van der Waals surface area contributed by atoms with Gasteiger partial charge in [0.05, 0.1) is 0 Å². The fourth-order valence-electron chi connectivity index (χ4n) is 2.67. The minimum atomic E-state index is -2.20. The van der Waals surface area contributed by atoms with Crippen LogP contribution in [0, 0.1) is 0 Å². The van der Waals surface area contributed by atoms with Crippen LogP contribution in [0.1, 0.15) is 39.0 Å². The number of carbonyl (C=O) groups is 2. The van der Waals surface area contributed by atoms with E-state index < -0.39 is 31.4 Å². The molecule has 7 heteroatoms. The lowest BCUT2D eigenvalue weighted by atomic mass is 10.2. The SMILES string of the molecule is CCCCC(C(=O)OC(=O)[C@@H]1CCCN1)[P+](=O)c1ccccc1O. The number of carbonyl (C=O) groups excluding carboxylic acids is 2. The Balaban J connectivity index is 2.11. The van der Waals surface area contributed by atoms with Crippen molar-refractivity contribution < 1.29 is 24.0 Å². The Morgan fingerprint density at radius 3 is 2.79 bits per heavy atom. The molecule has 2 unspecified atom stereocenters. The molecule has 1 saturated heterocycles. The molecule has 0 aliphatic carbocycles. The van der Waals surface area contributed by atoms with Crippen molar-refractivity contribution in [3.05, 3.63) is 24.3 Å². The van der Waals surface area contributed by atoms with Gasteiger partial charge in [-0.1, -0.05) is 30.0 Å². The van der Waals surface area contributed by atoms with E-state index >= 15 is 0 Å². The van der Waals surface area contributed by atoms with Gasteiger partial charge in [0.25, 0.3) is 5.66 Å². The minimum Gasteiger partial charge on any atom is -0.504 e. The van der Waals surface area contributed by atoms with Crippen LogP contribution in [0.15, 0.2) is 24.3 Å². The van der Waals surface area contributed by atoms with Crippen molar-refractivity contribution in [3.8, 4) is 5.75 Å². The number of phenols is 1. The van der Waals surface area contributed by atoms with Crippen LogP contribution in [0.3, 0.4) is 0 Å². The van der Waals surface area contributed by atoms with E-state index in [1.165, 1.54) is 12.1 Å². The number of hydrogen-bond donors (Lipinski definition) is 2. The summed E-state index contributed by atoms with van der Waals surface area (Å²) in [5.74, 6) is -1.50. The maximum absolute atomic E-state index is 12.8. The lowest BCUT2D eigenvalue weighted by Gasteiger charge is -2.11. The minimum absolute atomic E-state index is 0.114. The number of para-hydroxylation sites is 1. The molecule has 0 bridgehead atoms. The number of phenolic OH excluding ortho intramolecular Hbond substituents is 1. The molecule has 2 rings (SSSR count). The highest BCUT2D eigenvalue weighted by molar-refractivity contribution is 7.55. The zero-order chi connectivity index (χ0) is 17.5. The average Bonchev–Trinajstić information content (AvgIpc) is 3.10. The maximum atomic E-state index is 12.8. The van der Waals surface area contributed by atoms with Crippen molar-refractivity contribution in [1.29, 1.82) is 0 Å². The van der Waals surface area contributed by atoms with Gasteiger partial charge in [-0.05, 0) is 37.9 Å². The number of rotatable bonds is 7. The standard InChI is InChI=1S/C17H22NO5P/c1-2-3-9-15(24(22)14-10-5-4-8-13(14)19)17(21)23-16(20)12-7-6-11-18-12/h4-5,8,10,12,15,18H,2-3,6-7,9,11H2,1H3/p+1/t12-,15?/m0/s1. The van der Waals surface area contributed by atoms with Gasteiger partial charge < -0.3 is 15.2 Å². The molecule has 24 heavy (non-hydrogen) atoms. The van der Waals surface area contributed by atoms with E-state index in [1.54, 1.807) is 12.1 Å². The highest BCUT2D eigenvalue weighted by Crippen LogP contribution is 2.35. The zero-order valence-electron chi connectivity index (χ0n) is 13.7. The predicted molar refractivity (Wildman–Crippen MR) is 90.8 cm³/mol. The molecule has 0 amide bonds. The molecule has 0 saturated carbocycles. The van der Waals surface area contributed by atoms with Crippen LogP contribution in [0.4, 0.5) is 0 Å². The smallest absolute Gasteiger partial charge is 0.395 e. The molecule has 0 spiro atoms. The van der Waals surface area contributed by atoms with Gasteiger partial charge >= 0.3 is 19.7 Å². The van der Waals surface area contributed by atoms with Crippen LogP contribution < -0.4 is 10.6 Å². The molecular weight excluding hydrogens is 329 g/mol. The van der Waals surface area contributed by atoms with E-state index in [0.29, 0.717) is 19.3 Å². The second-order valence-corrected chi connectivity index (χ2v) is 7.62. The Bertz CT molecular complexity index is 613. The molecule has 1 aliphatic rings. The number of unbranched alkanes of at least 4 members (excludes halogenated alkanes) is 1. The molecule has 0 radical (unpaired) electrons. The molecule has 1 aromatic rings. The Morgan fingerprint density at radius 1 is 1.42 bits per heavy atom.